The minimum atomic E-state index is -0.942. The number of allylic oxidation sites excluding steroid dienone is 2. The van der Waals surface area contributed by atoms with Gasteiger partial charge in [0.05, 0.1) is 12.1 Å². The first-order valence-electron chi connectivity index (χ1n) is 4.31. The summed E-state index contributed by atoms with van der Waals surface area (Å²) in [5.41, 5.74) is 0.386. The largest absolute Gasteiger partial charge is 0.481 e. The normalized spacial score (nSPS) is 23.1. The first kappa shape index (κ1) is 9.77. The van der Waals surface area contributed by atoms with Gasteiger partial charge in [0.1, 0.15) is 0 Å². The third kappa shape index (κ3) is 2.89. The highest BCUT2D eigenvalue weighted by atomic mass is 16.4. The van der Waals surface area contributed by atoms with Gasteiger partial charge in [0.15, 0.2) is 0 Å². The third-order valence-corrected chi connectivity index (χ3v) is 2.20. The van der Waals surface area contributed by atoms with E-state index in [1.165, 1.54) is 0 Å². The van der Waals surface area contributed by atoms with E-state index in [1.807, 2.05) is 6.08 Å². The van der Waals surface area contributed by atoms with Gasteiger partial charge < -0.3 is 10.3 Å². The summed E-state index contributed by atoms with van der Waals surface area (Å²) in [6, 6.07) is 0. The Labute approximate surface area is 76.6 Å². The zero-order valence-electron chi connectivity index (χ0n) is 7.31. The van der Waals surface area contributed by atoms with Gasteiger partial charge in [0.25, 0.3) is 0 Å². The molecule has 0 amide bonds. The number of carbonyl (C=O) groups is 1. The molecule has 1 unspecified atom stereocenters. The van der Waals surface area contributed by atoms with Crippen molar-refractivity contribution >= 4 is 11.7 Å². The van der Waals surface area contributed by atoms with Gasteiger partial charge in [-0.1, -0.05) is 17.3 Å². The highest BCUT2D eigenvalue weighted by Gasteiger charge is 2.19. The van der Waals surface area contributed by atoms with Crippen LogP contribution in [0.2, 0.25) is 0 Å². The number of hydrogen-bond acceptors (Lipinski definition) is 3. The predicted octanol–water partition coefficient (Wildman–Crippen LogP) is 1.65. The van der Waals surface area contributed by atoms with E-state index in [9.17, 15) is 4.79 Å². The van der Waals surface area contributed by atoms with E-state index in [0.717, 1.165) is 19.3 Å². The molecule has 0 bridgehead atoms. The highest BCUT2D eigenvalue weighted by molar-refractivity contribution is 5.99. The van der Waals surface area contributed by atoms with E-state index < -0.39 is 5.97 Å². The summed E-state index contributed by atoms with van der Waals surface area (Å²) in [4.78, 5) is 10.4. The van der Waals surface area contributed by atoms with E-state index in [1.54, 1.807) is 0 Å². The molecule has 0 fully saturated rings. The maximum atomic E-state index is 10.4. The molecule has 2 N–H and O–H groups in total. The molecule has 0 heterocycles. The first-order chi connectivity index (χ1) is 6.24. The van der Waals surface area contributed by atoms with Crippen LogP contribution in [0.5, 0.6) is 0 Å². The van der Waals surface area contributed by atoms with E-state index in [-0.39, 0.29) is 12.3 Å². The van der Waals surface area contributed by atoms with Gasteiger partial charge in [-0.05, 0) is 19.3 Å². The Bertz CT molecular complexity index is 245. The molecule has 0 aromatic rings. The number of rotatable bonds is 3. The molecule has 4 heteroatoms. The predicted molar refractivity (Wildman–Crippen MR) is 48.0 cm³/mol. The molecule has 0 aromatic carbocycles. The Morgan fingerprint density at radius 2 is 2.31 bits per heavy atom. The molecule has 1 aliphatic carbocycles. The van der Waals surface area contributed by atoms with Crippen molar-refractivity contribution in [1.29, 1.82) is 0 Å². The van der Waals surface area contributed by atoms with E-state index in [2.05, 4.69) is 11.2 Å². The average Bonchev–Trinajstić information content (AvgIpc) is 2.15. The molecule has 1 aliphatic rings. The molecule has 13 heavy (non-hydrogen) atoms. The zero-order valence-corrected chi connectivity index (χ0v) is 7.31. The van der Waals surface area contributed by atoms with Crippen LogP contribution in [0.15, 0.2) is 17.3 Å². The summed E-state index contributed by atoms with van der Waals surface area (Å²) in [5.74, 6) is -0.839. The number of carboxylic acid groups (broad SMARTS) is 1. The smallest absolute Gasteiger partial charge is 0.309 e. The maximum Gasteiger partial charge on any atom is 0.309 e. The lowest BCUT2D eigenvalue weighted by Crippen LogP contribution is -2.19. The molecule has 4 nitrogen and oxygen atoms in total. The lowest BCUT2D eigenvalue weighted by Gasteiger charge is -2.17. The lowest BCUT2D eigenvalue weighted by atomic mass is 9.89. The minimum absolute atomic E-state index is 0.103. The van der Waals surface area contributed by atoms with E-state index >= 15 is 0 Å². The van der Waals surface area contributed by atoms with E-state index in [0.29, 0.717) is 5.71 Å². The Balaban J connectivity index is 2.56. The zero-order chi connectivity index (χ0) is 9.68. The number of carboxylic acids is 1. The third-order valence-electron chi connectivity index (χ3n) is 2.20. The van der Waals surface area contributed by atoms with Gasteiger partial charge >= 0.3 is 5.97 Å². The summed E-state index contributed by atoms with van der Waals surface area (Å²) >= 11 is 0. The molecule has 0 aromatic heterocycles. The van der Waals surface area contributed by atoms with Crippen LogP contribution >= 0.6 is 0 Å². The lowest BCUT2D eigenvalue weighted by molar-refractivity contribution is -0.135. The minimum Gasteiger partial charge on any atom is -0.481 e. The number of hydrogen-bond donors (Lipinski definition) is 2. The van der Waals surface area contributed by atoms with Gasteiger partial charge in [-0.25, -0.2) is 0 Å². The van der Waals surface area contributed by atoms with Crippen molar-refractivity contribution in [2.45, 2.75) is 25.7 Å². The Morgan fingerprint density at radius 3 is 2.77 bits per heavy atom. The van der Waals surface area contributed by atoms with Crippen molar-refractivity contribution in [3.63, 3.8) is 0 Å². The molecule has 0 saturated heterocycles. The van der Waals surface area contributed by atoms with Gasteiger partial charge in [0.2, 0.25) is 0 Å². The fourth-order valence-electron chi connectivity index (χ4n) is 1.51. The number of aliphatic carboxylic acids is 1. The summed E-state index contributed by atoms with van der Waals surface area (Å²) in [5, 5.41) is 20.2. The van der Waals surface area contributed by atoms with Gasteiger partial charge in [0, 0.05) is 5.92 Å². The standard InChI is InChI=1S/C9H13NO3/c11-9(12)6-8(10-13)7-4-2-1-3-5-7/h1-2,7,13H,3-6H2,(H,11,12)/b10-8-. The second-order valence-corrected chi connectivity index (χ2v) is 3.14. The second-order valence-electron chi connectivity index (χ2n) is 3.14. The van der Waals surface area contributed by atoms with Gasteiger partial charge in [-0.15, -0.1) is 0 Å². The molecular weight excluding hydrogens is 170 g/mol. The average molecular weight is 183 g/mol. The Hall–Kier alpha value is -1.32. The van der Waals surface area contributed by atoms with Crippen LogP contribution in [0.3, 0.4) is 0 Å². The van der Waals surface area contributed by atoms with Crippen molar-refractivity contribution in [2.24, 2.45) is 11.1 Å². The van der Waals surface area contributed by atoms with Crippen molar-refractivity contribution in [1.82, 2.24) is 0 Å². The van der Waals surface area contributed by atoms with Crippen molar-refractivity contribution < 1.29 is 15.1 Å². The molecule has 0 saturated carbocycles. The van der Waals surface area contributed by atoms with Crippen LogP contribution in [0.1, 0.15) is 25.7 Å². The molecule has 0 aliphatic heterocycles. The quantitative estimate of drug-likeness (QED) is 0.302. The molecule has 0 radical (unpaired) electrons. The fraction of sp³-hybridized carbons (Fsp3) is 0.556. The summed E-state index contributed by atoms with van der Waals surface area (Å²) in [6.07, 6.45) is 6.50. The van der Waals surface area contributed by atoms with Crippen LogP contribution in [0.25, 0.3) is 0 Å². The number of oxime groups is 1. The van der Waals surface area contributed by atoms with Gasteiger partial charge in [-0.2, -0.15) is 0 Å². The Morgan fingerprint density at radius 1 is 1.54 bits per heavy atom. The van der Waals surface area contributed by atoms with Crippen LogP contribution in [0.4, 0.5) is 0 Å². The topological polar surface area (TPSA) is 69.9 Å². The SMILES string of the molecule is O=C(O)C/C(=N/O)C1CC=CCC1. The molecule has 1 rings (SSSR count). The van der Waals surface area contributed by atoms with Crippen molar-refractivity contribution in [3.8, 4) is 0 Å². The van der Waals surface area contributed by atoms with Gasteiger partial charge in [-0.3, -0.25) is 4.79 Å². The van der Waals surface area contributed by atoms with Crippen LogP contribution in [-0.2, 0) is 4.79 Å². The summed E-state index contributed by atoms with van der Waals surface area (Å²) in [6.45, 7) is 0. The summed E-state index contributed by atoms with van der Waals surface area (Å²) in [7, 11) is 0. The van der Waals surface area contributed by atoms with Crippen molar-refractivity contribution in [3.05, 3.63) is 12.2 Å². The van der Waals surface area contributed by atoms with Crippen LogP contribution in [-0.4, -0.2) is 22.0 Å². The fourth-order valence-corrected chi connectivity index (χ4v) is 1.51. The van der Waals surface area contributed by atoms with Crippen LogP contribution < -0.4 is 0 Å². The Kier molecular flexibility index (Phi) is 3.49. The van der Waals surface area contributed by atoms with Crippen LogP contribution in [0, 0.1) is 5.92 Å². The van der Waals surface area contributed by atoms with Crippen molar-refractivity contribution in [2.75, 3.05) is 0 Å². The first-order valence-corrected chi connectivity index (χ1v) is 4.31. The molecule has 0 spiro atoms. The maximum absolute atomic E-state index is 10.4. The number of nitrogens with zero attached hydrogens (tertiary/aromatic N) is 1. The second kappa shape index (κ2) is 4.64. The summed E-state index contributed by atoms with van der Waals surface area (Å²) < 4.78 is 0. The molecule has 1 atom stereocenters. The van der Waals surface area contributed by atoms with E-state index in [4.69, 9.17) is 10.3 Å². The molecule has 72 valence electrons. The highest BCUT2D eigenvalue weighted by Crippen LogP contribution is 2.21. The molecular formula is C9H13NO3. The monoisotopic (exact) mass is 183 g/mol.